The molecule has 0 unspecified atom stereocenters. The predicted molar refractivity (Wildman–Crippen MR) is 84.9 cm³/mol. The molecule has 0 atom stereocenters. The van der Waals surface area contributed by atoms with Crippen LogP contribution in [0.15, 0.2) is 36.4 Å². The van der Waals surface area contributed by atoms with Gasteiger partial charge in [-0.2, -0.15) is 0 Å². The van der Waals surface area contributed by atoms with Gasteiger partial charge in [0, 0.05) is 17.7 Å². The lowest BCUT2D eigenvalue weighted by atomic mass is 10.2. The zero-order valence-corrected chi connectivity index (χ0v) is 12.5. The summed E-state index contributed by atoms with van der Waals surface area (Å²) in [6.07, 6.45) is 0. The van der Waals surface area contributed by atoms with Crippen molar-refractivity contribution in [3.63, 3.8) is 0 Å². The summed E-state index contributed by atoms with van der Waals surface area (Å²) in [4.78, 5) is 4.56. The minimum Gasteiger partial charge on any atom is -0.398 e. The molecule has 108 valence electrons. The lowest BCUT2D eigenvalue weighted by Crippen LogP contribution is -2.03. The lowest BCUT2D eigenvalue weighted by Gasteiger charge is -2.13. The summed E-state index contributed by atoms with van der Waals surface area (Å²) in [6, 6.07) is 10.2. The van der Waals surface area contributed by atoms with Gasteiger partial charge in [0.2, 0.25) is 0 Å². The molecule has 0 radical (unpaired) electrons. The minimum atomic E-state index is -0.293. The Morgan fingerprint density at radius 2 is 1.95 bits per heavy atom. The molecule has 0 fully saturated rings. The maximum atomic E-state index is 13.4. The Labute approximate surface area is 127 Å². The average molecular weight is 304 g/mol. The molecule has 0 aliphatic rings. The van der Waals surface area contributed by atoms with Crippen molar-refractivity contribution in [1.82, 2.24) is 9.55 Å². The molecule has 3 aromatic rings. The van der Waals surface area contributed by atoms with Crippen LogP contribution in [-0.2, 0) is 0 Å². The van der Waals surface area contributed by atoms with Crippen LogP contribution in [0.25, 0.3) is 22.4 Å². The fraction of sp³-hybridized carbons (Fsp3) is 0.188. The monoisotopic (exact) mass is 303 g/mol. The molecule has 1 aromatic heterocycles. The number of fused-ring (bicyclic) bond motifs is 1. The number of hydrogen-bond acceptors (Lipinski definition) is 2. The van der Waals surface area contributed by atoms with Gasteiger partial charge < -0.3 is 10.3 Å². The highest BCUT2D eigenvalue weighted by molar-refractivity contribution is 6.33. The zero-order valence-electron chi connectivity index (χ0n) is 11.8. The fourth-order valence-electron chi connectivity index (χ4n) is 2.48. The Morgan fingerprint density at radius 3 is 2.62 bits per heavy atom. The normalized spacial score (nSPS) is 11.5. The second kappa shape index (κ2) is 5.04. The Kier molecular flexibility index (Phi) is 3.33. The van der Waals surface area contributed by atoms with Gasteiger partial charge in [-0.05, 0) is 44.2 Å². The van der Waals surface area contributed by atoms with E-state index < -0.39 is 0 Å². The number of anilines is 1. The van der Waals surface area contributed by atoms with Crippen LogP contribution in [0.4, 0.5) is 10.1 Å². The van der Waals surface area contributed by atoms with Crippen LogP contribution in [0, 0.1) is 5.82 Å². The third kappa shape index (κ3) is 2.36. The first-order valence-corrected chi connectivity index (χ1v) is 7.08. The summed E-state index contributed by atoms with van der Waals surface area (Å²) in [7, 11) is 0. The van der Waals surface area contributed by atoms with Crippen molar-refractivity contribution in [3.8, 4) is 11.4 Å². The van der Waals surface area contributed by atoms with Crippen molar-refractivity contribution >= 4 is 28.3 Å². The molecule has 0 saturated carbocycles. The highest BCUT2D eigenvalue weighted by Gasteiger charge is 2.16. The SMILES string of the molecule is CC(C)n1c(-c2ccc(Cl)c(N)c2)nc2cc(F)ccc21. The number of nitrogen functional groups attached to an aromatic ring is 1. The maximum absolute atomic E-state index is 13.4. The molecule has 0 aliphatic carbocycles. The van der Waals surface area contributed by atoms with E-state index in [-0.39, 0.29) is 11.9 Å². The number of benzene rings is 2. The molecule has 5 heteroatoms. The molecule has 21 heavy (non-hydrogen) atoms. The van der Waals surface area contributed by atoms with Gasteiger partial charge in [0.05, 0.1) is 21.7 Å². The molecule has 2 aromatic carbocycles. The van der Waals surface area contributed by atoms with E-state index in [0.29, 0.717) is 16.2 Å². The molecule has 0 saturated heterocycles. The summed E-state index contributed by atoms with van der Waals surface area (Å²) in [5.41, 5.74) is 8.77. The van der Waals surface area contributed by atoms with Gasteiger partial charge in [0.25, 0.3) is 0 Å². The lowest BCUT2D eigenvalue weighted by molar-refractivity contribution is 0.620. The van der Waals surface area contributed by atoms with Gasteiger partial charge in [-0.15, -0.1) is 0 Å². The number of halogens is 2. The predicted octanol–water partition coefficient (Wildman–Crippen LogP) is 4.66. The molecule has 0 aliphatic heterocycles. The summed E-state index contributed by atoms with van der Waals surface area (Å²) >= 11 is 5.97. The topological polar surface area (TPSA) is 43.8 Å². The van der Waals surface area contributed by atoms with Crippen LogP contribution in [0.3, 0.4) is 0 Å². The van der Waals surface area contributed by atoms with Crippen LogP contribution in [0.1, 0.15) is 19.9 Å². The van der Waals surface area contributed by atoms with Crippen LogP contribution in [0.5, 0.6) is 0 Å². The molecular weight excluding hydrogens is 289 g/mol. The quantitative estimate of drug-likeness (QED) is 0.700. The zero-order chi connectivity index (χ0) is 15.1. The summed E-state index contributed by atoms with van der Waals surface area (Å²) in [5.74, 6) is 0.465. The molecular formula is C16H15ClFN3. The summed E-state index contributed by atoms with van der Waals surface area (Å²) in [5, 5.41) is 0.511. The minimum absolute atomic E-state index is 0.187. The van der Waals surface area contributed by atoms with E-state index in [9.17, 15) is 4.39 Å². The Balaban J connectivity index is 2.30. The smallest absolute Gasteiger partial charge is 0.141 e. The second-order valence-corrected chi connectivity index (χ2v) is 5.68. The van der Waals surface area contributed by atoms with E-state index in [1.807, 2.05) is 6.07 Å². The first-order chi connectivity index (χ1) is 9.97. The van der Waals surface area contributed by atoms with Crippen molar-refractivity contribution in [3.05, 3.63) is 47.2 Å². The summed E-state index contributed by atoms with van der Waals surface area (Å²) < 4.78 is 15.5. The molecule has 3 nitrogen and oxygen atoms in total. The van der Waals surface area contributed by atoms with Gasteiger partial charge in [-0.3, -0.25) is 0 Å². The van der Waals surface area contributed by atoms with Gasteiger partial charge in [-0.25, -0.2) is 9.37 Å². The van der Waals surface area contributed by atoms with Crippen molar-refractivity contribution < 1.29 is 4.39 Å². The highest BCUT2D eigenvalue weighted by Crippen LogP contribution is 2.31. The average Bonchev–Trinajstić information content (AvgIpc) is 2.80. The Hall–Kier alpha value is -2.07. The van der Waals surface area contributed by atoms with Gasteiger partial charge in [0.1, 0.15) is 11.6 Å². The van der Waals surface area contributed by atoms with E-state index in [1.54, 1.807) is 18.2 Å². The molecule has 0 bridgehead atoms. The second-order valence-electron chi connectivity index (χ2n) is 5.27. The number of nitrogens with two attached hydrogens (primary N) is 1. The van der Waals surface area contributed by atoms with Crippen molar-refractivity contribution in [2.24, 2.45) is 0 Å². The van der Waals surface area contributed by atoms with Gasteiger partial charge in [0.15, 0.2) is 0 Å². The largest absolute Gasteiger partial charge is 0.398 e. The number of nitrogens with zero attached hydrogens (tertiary/aromatic N) is 2. The third-order valence-electron chi connectivity index (χ3n) is 3.42. The van der Waals surface area contributed by atoms with E-state index in [2.05, 4.69) is 23.4 Å². The molecule has 0 amide bonds. The standard InChI is InChI=1S/C16H15ClFN3/c1-9(2)21-15-6-4-11(18)8-14(15)20-16(21)10-3-5-12(17)13(19)7-10/h3-9H,19H2,1-2H3. The highest BCUT2D eigenvalue weighted by atomic mass is 35.5. The van der Waals surface area contributed by atoms with Gasteiger partial charge in [-0.1, -0.05) is 11.6 Å². The fourth-order valence-corrected chi connectivity index (χ4v) is 2.60. The first kappa shape index (κ1) is 13.9. The first-order valence-electron chi connectivity index (χ1n) is 6.70. The molecule has 1 heterocycles. The number of rotatable bonds is 2. The molecule has 3 rings (SSSR count). The number of aromatic nitrogens is 2. The Morgan fingerprint density at radius 1 is 1.19 bits per heavy atom. The van der Waals surface area contributed by atoms with Crippen LogP contribution in [-0.4, -0.2) is 9.55 Å². The summed E-state index contributed by atoms with van der Waals surface area (Å²) in [6.45, 7) is 4.13. The van der Waals surface area contributed by atoms with E-state index in [0.717, 1.165) is 16.9 Å². The number of hydrogen-bond donors (Lipinski definition) is 1. The van der Waals surface area contributed by atoms with Crippen molar-refractivity contribution in [2.75, 3.05) is 5.73 Å². The molecule has 2 N–H and O–H groups in total. The van der Waals surface area contributed by atoms with Crippen molar-refractivity contribution in [1.29, 1.82) is 0 Å². The Bertz CT molecular complexity index is 824. The van der Waals surface area contributed by atoms with E-state index >= 15 is 0 Å². The third-order valence-corrected chi connectivity index (χ3v) is 3.77. The van der Waals surface area contributed by atoms with Gasteiger partial charge >= 0.3 is 0 Å². The van der Waals surface area contributed by atoms with Crippen LogP contribution < -0.4 is 5.73 Å². The molecule has 0 spiro atoms. The van der Waals surface area contributed by atoms with Crippen LogP contribution >= 0.6 is 11.6 Å². The van der Waals surface area contributed by atoms with E-state index in [1.165, 1.54) is 12.1 Å². The van der Waals surface area contributed by atoms with Crippen LogP contribution in [0.2, 0.25) is 5.02 Å². The number of imidazole rings is 1. The van der Waals surface area contributed by atoms with E-state index in [4.69, 9.17) is 17.3 Å². The van der Waals surface area contributed by atoms with Crippen molar-refractivity contribution in [2.45, 2.75) is 19.9 Å². The maximum Gasteiger partial charge on any atom is 0.141 e.